The molecule has 0 saturated heterocycles. The Hall–Kier alpha value is -0.480. The Balaban J connectivity index is 3.81. The Bertz CT molecular complexity index is 173. The SMILES string of the molecule is CCCCC#C[C@@H](C)[C@@H](O)C(C)C. The van der Waals surface area contributed by atoms with Crippen molar-refractivity contribution in [2.75, 3.05) is 0 Å². The van der Waals surface area contributed by atoms with Gasteiger partial charge in [-0.05, 0) is 19.3 Å². The van der Waals surface area contributed by atoms with E-state index in [0.717, 1.165) is 12.8 Å². The Morgan fingerprint density at radius 3 is 2.31 bits per heavy atom. The summed E-state index contributed by atoms with van der Waals surface area (Å²) < 4.78 is 0. The molecule has 0 bridgehead atoms. The van der Waals surface area contributed by atoms with Crippen molar-refractivity contribution in [1.82, 2.24) is 0 Å². The minimum Gasteiger partial charge on any atom is -0.392 e. The van der Waals surface area contributed by atoms with Crippen LogP contribution in [0.1, 0.15) is 47.0 Å². The summed E-state index contributed by atoms with van der Waals surface area (Å²) in [6.07, 6.45) is 3.04. The van der Waals surface area contributed by atoms with Gasteiger partial charge in [-0.3, -0.25) is 0 Å². The van der Waals surface area contributed by atoms with Crippen LogP contribution in [0.4, 0.5) is 0 Å². The fourth-order valence-corrected chi connectivity index (χ4v) is 1.16. The maximum absolute atomic E-state index is 9.65. The molecular weight excluding hydrogens is 160 g/mol. The van der Waals surface area contributed by atoms with Crippen LogP contribution in [0.5, 0.6) is 0 Å². The van der Waals surface area contributed by atoms with E-state index in [9.17, 15) is 5.11 Å². The van der Waals surface area contributed by atoms with Crippen molar-refractivity contribution < 1.29 is 5.11 Å². The third kappa shape index (κ3) is 5.71. The van der Waals surface area contributed by atoms with Crippen LogP contribution < -0.4 is 0 Å². The Labute approximate surface area is 82.5 Å². The molecule has 0 heterocycles. The van der Waals surface area contributed by atoms with Gasteiger partial charge in [0.15, 0.2) is 0 Å². The average Bonchev–Trinajstić information content (AvgIpc) is 2.10. The number of aliphatic hydroxyl groups is 1. The molecule has 1 N–H and O–H groups in total. The van der Waals surface area contributed by atoms with Crippen molar-refractivity contribution in [2.45, 2.75) is 53.1 Å². The molecule has 0 aliphatic rings. The van der Waals surface area contributed by atoms with Gasteiger partial charge in [-0.25, -0.2) is 0 Å². The molecule has 0 rings (SSSR count). The largest absolute Gasteiger partial charge is 0.392 e. The molecule has 1 nitrogen and oxygen atoms in total. The zero-order valence-electron chi connectivity index (χ0n) is 9.30. The first-order valence-corrected chi connectivity index (χ1v) is 5.26. The first-order chi connectivity index (χ1) is 6.09. The van der Waals surface area contributed by atoms with Crippen LogP contribution in [0.25, 0.3) is 0 Å². The van der Waals surface area contributed by atoms with Crippen molar-refractivity contribution in [3.63, 3.8) is 0 Å². The second-order valence-electron chi connectivity index (χ2n) is 3.95. The van der Waals surface area contributed by atoms with Gasteiger partial charge in [-0.2, -0.15) is 0 Å². The van der Waals surface area contributed by atoms with Gasteiger partial charge in [-0.1, -0.05) is 33.1 Å². The van der Waals surface area contributed by atoms with E-state index in [4.69, 9.17) is 0 Å². The minimum atomic E-state index is -0.283. The van der Waals surface area contributed by atoms with Gasteiger partial charge in [0.25, 0.3) is 0 Å². The Kier molecular flexibility index (Phi) is 6.72. The number of aliphatic hydroxyl groups excluding tert-OH is 1. The molecule has 0 aliphatic heterocycles. The van der Waals surface area contributed by atoms with Crippen LogP contribution in [0.2, 0.25) is 0 Å². The molecule has 1 heteroatoms. The standard InChI is InChI=1S/C12H22O/c1-5-6-7-8-9-11(4)12(13)10(2)3/h10-13H,5-7H2,1-4H3/t11-,12+/m1/s1. The fourth-order valence-electron chi connectivity index (χ4n) is 1.16. The normalized spacial score (nSPS) is 14.9. The highest BCUT2D eigenvalue weighted by molar-refractivity contribution is 5.04. The maximum Gasteiger partial charge on any atom is 0.0697 e. The molecule has 13 heavy (non-hydrogen) atoms. The minimum absolute atomic E-state index is 0.108. The van der Waals surface area contributed by atoms with Crippen LogP contribution in [0.3, 0.4) is 0 Å². The van der Waals surface area contributed by atoms with E-state index in [-0.39, 0.29) is 12.0 Å². The summed E-state index contributed by atoms with van der Waals surface area (Å²) in [7, 11) is 0. The van der Waals surface area contributed by atoms with E-state index < -0.39 is 0 Å². The molecule has 0 radical (unpaired) electrons. The highest BCUT2D eigenvalue weighted by Gasteiger charge is 2.14. The van der Waals surface area contributed by atoms with Crippen LogP contribution in [-0.2, 0) is 0 Å². The molecule has 0 saturated carbocycles. The third-order valence-corrected chi connectivity index (χ3v) is 2.18. The van der Waals surface area contributed by atoms with E-state index in [1.165, 1.54) is 6.42 Å². The zero-order valence-corrected chi connectivity index (χ0v) is 9.30. The van der Waals surface area contributed by atoms with Gasteiger partial charge in [0, 0.05) is 12.3 Å². The molecule has 0 amide bonds. The summed E-state index contributed by atoms with van der Waals surface area (Å²) >= 11 is 0. The number of hydrogen-bond donors (Lipinski definition) is 1. The Morgan fingerprint density at radius 2 is 1.85 bits per heavy atom. The second kappa shape index (κ2) is 6.97. The number of rotatable bonds is 4. The van der Waals surface area contributed by atoms with Crippen molar-refractivity contribution in [1.29, 1.82) is 0 Å². The lowest BCUT2D eigenvalue weighted by Crippen LogP contribution is -2.22. The van der Waals surface area contributed by atoms with Gasteiger partial charge < -0.3 is 5.11 Å². The summed E-state index contributed by atoms with van der Waals surface area (Å²) in [5.41, 5.74) is 0. The van der Waals surface area contributed by atoms with Crippen molar-refractivity contribution in [3.05, 3.63) is 0 Å². The number of unbranched alkanes of at least 4 members (excludes halogenated alkanes) is 2. The highest BCUT2D eigenvalue weighted by Crippen LogP contribution is 2.11. The summed E-state index contributed by atoms with van der Waals surface area (Å²) in [4.78, 5) is 0. The first kappa shape index (κ1) is 12.5. The molecule has 0 aromatic rings. The van der Waals surface area contributed by atoms with Crippen molar-refractivity contribution in [2.24, 2.45) is 11.8 Å². The Morgan fingerprint density at radius 1 is 1.23 bits per heavy atom. The molecular formula is C12H22O. The van der Waals surface area contributed by atoms with E-state index in [1.807, 2.05) is 20.8 Å². The van der Waals surface area contributed by atoms with E-state index in [0.29, 0.717) is 5.92 Å². The molecule has 0 unspecified atom stereocenters. The molecule has 0 fully saturated rings. The van der Waals surface area contributed by atoms with Crippen LogP contribution in [0, 0.1) is 23.7 Å². The van der Waals surface area contributed by atoms with Crippen molar-refractivity contribution in [3.8, 4) is 11.8 Å². The molecule has 76 valence electrons. The summed E-state index contributed by atoms with van der Waals surface area (Å²) in [5, 5.41) is 9.65. The van der Waals surface area contributed by atoms with E-state index >= 15 is 0 Å². The van der Waals surface area contributed by atoms with Crippen molar-refractivity contribution >= 4 is 0 Å². The van der Waals surface area contributed by atoms with Crippen LogP contribution in [-0.4, -0.2) is 11.2 Å². The molecule has 0 aromatic heterocycles. The molecule has 0 aromatic carbocycles. The highest BCUT2D eigenvalue weighted by atomic mass is 16.3. The number of hydrogen-bond acceptors (Lipinski definition) is 1. The van der Waals surface area contributed by atoms with Gasteiger partial charge in [0.1, 0.15) is 0 Å². The lowest BCUT2D eigenvalue weighted by atomic mass is 9.95. The first-order valence-electron chi connectivity index (χ1n) is 5.26. The second-order valence-corrected chi connectivity index (χ2v) is 3.95. The van der Waals surface area contributed by atoms with Crippen LogP contribution >= 0.6 is 0 Å². The van der Waals surface area contributed by atoms with Gasteiger partial charge >= 0.3 is 0 Å². The molecule has 2 atom stereocenters. The van der Waals surface area contributed by atoms with E-state index in [2.05, 4.69) is 18.8 Å². The smallest absolute Gasteiger partial charge is 0.0697 e. The summed E-state index contributed by atoms with van der Waals surface area (Å²) in [6, 6.07) is 0. The van der Waals surface area contributed by atoms with Gasteiger partial charge in [-0.15, -0.1) is 5.92 Å². The third-order valence-electron chi connectivity index (χ3n) is 2.18. The zero-order chi connectivity index (χ0) is 10.3. The summed E-state index contributed by atoms with van der Waals surface area (Å²) in [6.45, 7) is 8.20. The monoisotopic (exact) mass is 182 g/mol. The van der Waals surface area contributed by atoms with Gasteiger partial charge in [0.2, 0.25) is 0 Å². The van der Waals surface area contributed by atoms with E-state index in [1.54, 1.807) is 0 Å². The molecule has 0 aliphatic carbocycles. The van der Waals surface area contributed by atoms with Gasteiger partial charge in [0.05, 0.1) is 6.10 Å². The lowest BCUT2D eigenvalue weighted by Gasteiger charge is -2.17. The molecule has 0 spiro atoms. The fraction of sp³-hybridized carbons (Fsp3) is 0.833. The lowest BCUT2D eigenvalue weighted by molar-refractivity contribution is 0.0945. The quantitative estimate of drug-likeness (QED) is 0.523. The predicted octanol–water partition coefficient (Wildman–Crippen LogP) is 2.83. The van der Waals surface area contributed by atoms with Crippen LogP contribution in [0.15, 0.2) is 0 Å². The predicted molar refractivity (Wildman–Crippen MR) is 57.3 cm³/mol. The average molecular weight is 182 g/mol. The maximum atomic E-state index is 9.65. The summed E-state index contributed by atoms with van der Waals surface area (Å²) in [5.74, 6) is 6.62. The topological polar surface area (TPSA) is 20.2 Å².